The van der Waals surface area contributed by atoms with Crippen molar-refractivity contribution in [1.82, 2.24) is 4.98 Å². The molecular weight excluding hydrogens is 318 g/mol. The highest BCUT2D eigenvalue weighted by molar-refractivity contribution is 7.71. The maximum atomic E-state index is 9.52. The number of pyridine rings is 1. The molecule has 0 saturated heterocycles. The number of ether oxygens (including phenoxy) is 1. The molecule has 124 valence electrons. The number of nitriles is 1. The van der Waals surface area contributed by atoms with Crippen LogP contribution in [0.1, 0.15) is 36.1 Å². The van der Waals surface area contributed by atoms with Crippen LogP contribution in [0.2, 0.25) is 0 Å². The Morgan fingerprint density at radius 1 is 1.29 bits per heavy atom. The van der Waals surface area contributed by atoms with E-state index in [0.29, 0.717) is 23.2 Å². The van der Waals surface area contributed by atoms with Gasteiger partial charge in [-0.2, -0.15) is 5.26 Å². The van der Waals surface area contributed by atoms with Gasteiger partial charge in [0.05, 0.1) is 17.8 Å². The van der Waals surface area contributed by atoms with Crippen molar-refractivity contribution in [3.8, 4) is 6.07 Å². The lowest BCUT2D eigenvalue weighted by Crippen LogP contribution is -2.34. The first-order chi connectivity index (χ1) is 11.4. The summed E-state index contributed by atoms with van der Waals surface area (Å²) in [6, 6.07) is 12.5. The zero-order valence-corrected chi connectivity index (χ0v) is 15.0. The van der Waals surface area contributed by atoms with Gasteiger partial charge in [-0.3, -0.25) is 0 Å². The number of rotatable bonds is 3. The summed E-state index contributed by atoms with van der Waals surface area (Å²) >= 11 is 5.44. The number of fused-ring (bicyclic) bond motifs is 1. The molecule has 24 heavy (non-hydrogen) atoms. The van der Waals surface area contributed by atoms with Gasteiger partial charge in [0.2, 0.25) is 0 Å². The van der Waals surface area contributed by atoms with E-state index in [1.807, 2.05) is 39.1 Å². The number of aromatic amines is 1. The smallest absolute Gasteiger partial charge is 0.123 e. The normalized spacial score (nSPS) is 15.4. The van der Waals surface area contributed by atoms with Gasteiger partial charge in [0, 0.05) is 25.6 Å². The summed E-state index contributed by atoms with van der Waals surface area (Å²) in [7, 11) is 2.03. The van der Waals surface area contributed by atoms with Crippen molar-refractivity contribution in [3.05, 3.63) is 57.2 Å². The Bertz CT molecular complexity index is 849. The van der Waals surface area contributed by atoms with Crippen LogP contribution in [0.25, 0.3) is 0 Å². The number of nitrogens with zero attached hydrogens (tertiary/aromatic N) is 2. The third-order valence-corrected chi connectivity index (χ3v) is 4.68. The number of nitrogens with one attached hydrogen (secondary N) is 1. The molecule has 1 aromatic carbocycles. The molecule has 4 nitrogen and oxygen atoms in total. The van der Waals surface area contributed by atoms with Crippen LogP contribution >= 0.6 is 12.2 Å². The molecule has 0 spiro atoms. The monoisotopic (exact) mass is 339 g/mol. The maximum absolute atomic E-state index is 9.52. The van der Waals surface area contributed by atoms with Crippen LogP contribution in [-0.4, -0.2) is 17.6 Å². The average Bonchev–Trinajstić information content (AvgIpc) is 2.54. The molecule has 0 bridgehead atoms. The lowest BCUT2D eigenvalue weighted by Gasteiger charge is -2.35. The fraction of sp³-hybridized carbons (Fsp3) is 0.368. The Kier molecular flexibility index (Phi) is 4.44. The van der Waals surface area contributed by atoms with Crippen LogP contribution in [0.4, 0.5) is 5.82 Å². The number of H-pyrrole nitrogens is 1. The Balaban J connectivity index is 2.05. The molecule has 1 N–H and O–H groups in total. The van der Waals surface area contributed by atoms with Gasteiger partial charge in [0.15, 0.2) is 0 Å². The Morgan fingerprint density at radius 3 is 2.67 bits per heavy atom. The first-order valence-corrected chi connectivity index (χ1v) is 8.39. The number of anilines is 1. The predicted octanol–water partition coefficient (Wildman–Crippen LogP) is 4.10. The van der Waals surface area contributed by atoms with Gasteiger partial charge in [-0.1, -0.05) is 42.5 Å². The molecule has 0 radical (unpaired) electrons. The quantitative estimate of drug-likeness (QED) is 0.855. The van der Waals surface area contributed by atoms with Gasteiger partial charge in [0.25, 0.3) is 0 Å². The van der Waals surface area contributed by atoms with Crippen LogP contribution in [0.5, 0.6) is 0 Å². The molecule has 0 unspecified atom stereocenters. The lowest BCUT2D eigenvalue weighted by atomic mass is 9.89. The Morgan fingerprint density at radius 2 is 2.00 bits per heavy atom. The molecular formula is C19H21N3OS. The van der Waals surface area contributed by atoms with Crippen LogP contribution < -0.4 is 4.90 Å². The molecule has 2 heterocycles. The third kappa shape index (κ3) is 3.21. The van der Waals surface area contributed by atoms with Gasteiger partial charge in [-0.15, -0.1) is 0 Å². The van der Waals surface area contributed by atoms with Crippen LogP contribution in [0.15, 0.2) is 30.3 Å². The minimum Gasteiger partial charge on any atom is -0.370 e. The summed E-state index contributed by atoms with van der Waals surface area (Å²) in [6.45, 7) is 5.33. The minimum atomic E-state index is -0.281. The van der Waals surface area contributed by atoms with E-state index in [-0.39, 0.29) is 5.60 Å². The summed E-state index contributed by atoms with van der Waals surface area (Å²) in [4.78, 5) is 5.37. The van der Waals surface area contributed by atoms with Crippen LogP contribution in [-0.2, 0) is 24.3 Å². The van der Waals surface area contributed by atoms with Gasteiger partial charge < -0.3 is 14.6 Å². The molecule has 2 aromatic rings. The van der Waals surface area contributed by atoms with E-state index in [4.69, 9.17) is 17.0 Å². The highest BCUT2D eigenvalue weighted by Gasteiger charge is 2.31. The molecule has 0 saturated carbocycles. The van der Waals surface area contributed by atoms with Crippen LogP contribution in [0.3, 0.4) is 0 Å². The zero-order chi connectivity index (χ0) is 17.3. The van der Waals surface area contributed by atoms with E-state index < -0.39 is 0 Å². The molecule has 0 aliphatic carbocycles. The highest BCUT2D eigenvalue weighted by Crippen LogP contribution is 2.35. The maximum Gasteiger partial charge on any atom is 0.123 e. The molecule has 0 atom stereocenters. The second kappa shape index (κ2) is 6.39. The molecule has 3 rings (SSSR count). The first-order valence-electron chi connectivity index (χ1n) is 7.98. The highest BCUT2D eigenvalue weighted by atomic mass is 32.1. The Labute approximate surface area is 147 Å². The second-order valence-electron chi connectivity index (χ2n) is 6.81. The SMILES string of the molecule is CN(Cc1ccccc1)c1[nH]c(=S)c(C#N)c2c1COC(C)(C)C2. The third-order valence-electron chi connectivity index (χ3n) is 4.38. The summed E-state index contributed by atoms with van der Waals surface area (Å²) in [5.74, 6) is 0.938. The number of aromatic nitrogens is 1. The number of hydrogen-bond acceptors (Lipinski definition) is 4. The molecule has 1 aromatic heterocycles. The fourth-order valence-corrected chi connectivity index (χ4v) is 3.42. The van der Waals surface area contributed by atoms with Crippen molar-refractivity contribution in [2.24, 2.45) is 0 Å². The van der Waals surface area contributed by atoms with Crippen molar-refractivity contribution in [2.75, 3.05) is 11.9 Å². The summed E-state index contributed by atoms with van der Waals surface area (Å²) in [5.41, 5.74) is 3.57. The molecule has 1 aliphatic rings. The number of hydrogen-bond donors (Lipinski definition) is 1. The van der Waals surface area contributed by atoms with E-state index in [1.165, 1.54) is 5.56 Å². The van der Waals surface area contributed by atoms with Crippen LogP contribution in [0, 0.1) is 16.0 Å². The van der Waals surface area contributed by atoms with Gasteiger partial charge in [-0.25, -0.2) is 0 Å². The van der Waals surface area contributed by atoms with Crippen molar-refractivity contribution in [2.45, 2.75) is 39.0 Å². The zero-order valence-electron chi connectivity index (χ0n) is 14.2. The lowest BCUT2D eigenvalue weighted by molar-refractivity contribution is -0.0401. The first kappa shape index (κ1) is 16.7. The van der Waals surface area contributed by atoms with Crippen molar-refractivity contribution in [3.63, 3.8) is 0 Å². The fourth-order valence-electron chi connectivity index (χ4n) is 3.15. The van der Waals surface area contributed by atoms with Crippen molar-refractivity contribution < 1.29 is 4.74 Å². The molecule has 0 fully saturated rings. The minimum absolute atomic E-state index is 0.281. The van der Waals surface area contributed by atoms with Gasteiger partial charge in [0.1, 0.15) is 16.5 Å². The molecule has 0 amide bonds. The van der Waals surface area contributed by atoms with E-state index >= 15 is 0 Å². The van der Waals surface area contributed by atoms with E-state index in [2.05, 4.69) is 28.1 Å². The van der Waals surface area contributed by atoms with E-state index in [9.17, 15) is 5.26 Å². The second-order valence-corrected chi connectivity index (χ2v) is 7.22. The van der Waals surface area contributed by atoms with Gasteiger partial charge in [-0.05, 0) is 25.0 Å². The van der Waals surface area contributed by atoms with Gasteiger partial charge >= 0.3 is 0 Å². The topological polar surface area (TPSA) is 52.0 Å². The van der Waals surface area contributed by atoms with Crippen molar-refractivity contribution in [1.29, 1.82) is 5.26 Å². The van der Waals surface area contributed by atoms with Crippen molar-refractivity contribution >= 4 is 18.0 Å². The molecule has 5 heteroatoms. The standard InChI is InChI=1S/C19H21N3OS/c1-19(2)9-14-15(10-20)18(24)21-17(16(14)12-23-19)22(3)11-13-7-5-4-6-8-13/h4-8H,9,11-12H2,1-3H3,(H,21,24). The van der Waals surface area contributed by atoms with E-state index in [0.717, 1.165) is 23.5 Å². The summed E-state index contributed by atoms with van der Waals surface area (Å²) in [6.07, 6.45) is 0.690. The van der Waals surface area contributed by atoms with E-state index in [1.54, 1.807) is 0 Å². The molecule has 1 aliphatic heterocycles. The number of benzene rings is 1. The summed E-state index contributed by atoms with van der Waals surface area (Å²) in [5, 5.41) is 9.52. The summed E-state index contributed by atoms with van der Waals surface area (Å²) < 4.78 is 6.49. The Hall–Kier alpha value is -2.16. The largest absolute Gasteiger partial charge is 0.370 e. The average molecular weight is 339 g/mol. The predicted molar refractivity (Wildman–Crippen MR) is 97.5 cm³/mol.